The zero-order chi connectivity index (χ0) is 22.0. The number of carbonyl (C=O) groups is 3. The largest absolute Gasteiger partial charge is 0.478 e. The maximum atomic E-state index is 12.8. The first-order valence-electron chi connectivity index (χ1n) is 9.54. The van der Waals surface area contributed by atoms with Crippen LogP contribution in [-0.2, 0) is 9.59 Å². The number of hydrogen-bond donors (Lipinski definition) is 2. The molecule has 4 rings (SSSR count). The molecule has 1 atom stereocenters. The fourth-order valence-electron chi connectivity index (χ4n) is 3.17. The quantitative estimate of drug-likeness (QED) is 0.732. The molecule has 2 aromatic carbocycles. The van der Waals surface area contributed by atoms with Crippen molar-refractivity contribution in [2.24, 2.45) is 4.99 Å². The Hall–Kier alpha value is -3.53. The summed E-state index contributed by atoms with van der Waals surface area (Å²) in [6.45, 7) is 2.41. The van der Waals surface area contributed by atoms with Gasteiger partial charge in [0, 0.05) is 24.7 Å². The minimum absolute atomic E-state index is 0.0170. The molecule has 160 valence electrons. The second-order valence-electron chi connectivity index (χ2n) is 6.76. The number of hydrogen-bond acceptors (Lipinski definition) is 7. The summed E-state index contributed by atoms with van der Waals surface area (Å²) < 4.78 is 10.7. The molecular weight excluding hydrogens is 422 g/mol. The van der Waals surface area contributed by atoms with Gasteiger partial charge in [0.2, 0.25) is 18.6 Å². The number of amides is 2. The summed E-state index contributed by atoms with van der Waals surface area (Å²) in [5.41, 5.74) is 0.991. The van der Waals surface area contributed by atoms with Crippen molar-refractivity contribution in [3.05, 3.63) is 48.0 Å². The predicted molar refractivity (Wildman–Crippen MR) is 115 cm³/mol. The van der Waals surface area contributed by atoms with Crippen molar-refractivity contribution in [1.82, 2.24) is 4.90 Å². The SMILES string of the molecule is CCN1C(=O)CC(C(=O)Nc2cccc(C(=O)O)c2)SC1=Nc1ccc2c(c1)OCO2. The molecule has 2 amide bonds. The zero-order valence-electron chi connectivity index (χ0n) is 16.5. The number of fused-ring (bicyclic) bond motifs is 1. The Balaban J connectivity index is 1.54. The lowest BCUT2D eigenvalue weighted by atomic mass is 10.2. The van der Waals surface area contributed by atoms with Crippen LogP contribution in [0.3, 0.4) is 0 Å². The molecule has 0 bridgehead atoms. The summed E-state index contributed by atoms with van der Waals surface area (Å²) in [7, 11) is 0. The summed E-state index contributed by atoms with van der Waals surface area (Å²) in [4.78, 5) is 42.7. The van der Waals surface area contributed by atoms with E-state index in [1.54, 1.807) is 30.3 Å². The van der Waals surface area contributed by atoms with Gasteiger partial charge in [-0.1, -0.05) is 17.8 Å². The highest BCUT2D eigenvalue weighted by Crippen LogP contribution is 2.36. The lowest BCUT2D eigenvalue weighted by Crippen LogP contribution is -2.45. The van der Waals surface area contributed by atoms with E-state index in [9.17, 15) is 14.4 Å². The molecule has 2 heterocycles. The Morgan fingerprint density at radius 3 is 2.81 bits per heavy atom. The van der Waals surface area contributed by atoms with Crippen molar-refractivity contribution in [3.63, 3.8) is 0 Å². The van der Waals surface area contributed by atoms with E-state index in [0.717, 1.165) is 0 Å². The average Bonchev–Trinajstić information content (AvgIpc) is 3.21. The van der Waals surface area contributed by atoms with Gasteiger partial charge in [0.25, 0.3) is 0 Å². The number of thioether (sulfide) groups is 1. The topological polar surface area (TPSA) is 118 Å². The number of nitrogens with zero attached hydrogens (tertiary/aromatic N) is 2. The number of aromatic carboxylic acids is 1. The first kappa shape index (κ1) is 20.7. The molecule has 0 spiro atoms. The highest BCUT2D eigenvalue weighted by molar-refractivity contribution is 8.15. The second kappa shape index (κ2) is 8.68. The third-order valence-electron chi connectivity index (χ3n) is 4.71. The van der Waals surface area contributed by atoms with Crippen LogP contribution in [0.25, 0.3) is 0 Å². The van der Waals surface area contributed by atoms with Crippen molar-refractivity contribution < 1.29 is 29.0 Å². The van der Waals surface area contributed by atoms with Gasteiger partial charge in [0.1, 0.15) is 5.25 Å². The van der Waals surface area contributed by atoms with Gasteiger partial charge in [-0.05, 0) is 37.3 Å². The number of nitrogens with one attached hydrogen (secondary N) is 1. The molecule has 1 unspecified atom stereocenters. The number of amidine groups is 1. The van der Waals surface area contributed by atoms with Gasteiger partial charge in [-0.2, -0.15) is 0 Å². The molecule has 0 radical (unpaired) electrons. The third-order valence-corrected chi connectivity index (χ3v) is 5.89. The van der Waals surface area contributed by atoms with Crippen LogP contribution in [-0.4, -0.2) is 51.5 Å². The van der Waals surface area contributed by atoms with Crippen LogP contribution in [0.15, 0.2) is 47.5 Å². The van der Waals surface area contributed by atoms with E-state index < -0.39 is 17.1 Å². The van der Waals surface area contributed by atoms with Gasteiger partial charge < -0.3 is 19.9 Å². The molecule has 2 aromatic rings. The van der Waals surface area contributed by atoms with Crippen LogP contribution in [0.2, 0.25) is 0 Å². The number of anilines is 1. The molecule has 10 heteroatoms. The van der Waals surface area contributed by atoms with E-state index in [1.165, 1.54) is 28.8 Å². The van der Waals surface area contributed by atoms with Gasteiger partial charge in [-0.3, -0.25) is 14.5 Å². The van der Waals surface area contributed by atoms with Gasteiger partial charge >= 0.3 is 5.97 Å². The maximum absolute atomic E-state index is 12.8. The van der Waals surface area contributed by atoms with Gasteiger partial charge in [-0.25, -0.2) is 9.79 Å². The third kappa shape index (κ3) is 4.48. The molecule has 1 saturated heterocycles. The smallest absolute Gasteiger partial charge is 0.335 e. The summed E-state index contributed by atoms with van der Waals surface area (Å²) in [5.74, 6) is -0.487. The van der Waals surface area contributed by atoms with E-state index in [2.05, 4.69) is 10.3 Å². The van der Waals surface area contributed by atoms with E-state index in [-0.39, 0.29) is 24.7 Å². The first-order chi connectivity index (χ1) is 14.9. The fourth-order valence-corrected chi connectivity index (χ4v) is 4.33. The summed E-state index contributed by atoms with van der Waals surface area (Å²) in [6.07, 6.45) is 0.0170. The van der Waals surface area contributed by atoms with Crippen molar-refractivity contribution in [1.29, 1.82) is 0 Å². The Labute approximate surface area is 182 Å². The Kier molecular flexibility index (Phi) is 5.81. The summed E-state index contributed by atoms with van der Waals surface area (Å²) >= 11 is 1.19. The van der Waals surface area contributed by atoms with Gasteiger partial charge in [0.15, 0.2) is 16.7 Å². The van der Waals surface area contributed by atoms with Crippen LogP contribution in [0.4, 0.5) is 11.4 Å². The van der Waals surface area contributed by atoms with E-state index in [1.807, 2.05) is 6.92 Å². The normalized spacial score (nSPS) is 18.9. The van der Waals surface area contributed by atoms with Crippen LogP contribution >= 0.6 is 11.8 Å². The molecule has 2 N–H and O–H groups in total. The van der Waals surface area contributed by atoms with E-state index in [0.29, 0.717) is 34.6 Å². The molecule has 31 heavy (non-hydrogen) atoms. The zero-order valence-corrected chi connectivity index (χ0v) is 17.3. The van der Waals surface area contributed by atoms with Crippen LogP contribution in [0.1, 0.15) is 23.7 Å². The summed E-state index contributed by atoms with van der Waals surface area (Å²) in [5, 5.41) is 11.5. The van der Waals surface area contributed by atoms with Crippen molar-refractivity contribution >= 4 is 46.1 Å². The molecule has 0 aromatic heterocycles. The highest BCUT2D eigenvalue weighted by Gasteiger charge is 2.35. The minimum Gasteiger partial charge on any atom is -0.478 e. The second-order valence-corrected chi connectivity index (χ2v) is 7.93. The minimum atomic E-state index is -1.09. The number of carboxylic acid groups (broad SMARTS) is 1. The standard InChI is InChI=1S/C21H19N3O6S/c1-2-24-18(25)10-17(19(26)22-13-5-3-4-12(8-13)20(27)28)31-21(24)23-14-6-7-15-16(9-14)30-11-29-15/h3-9,17H,2,10-11H2,1H3,(H,22,26)(H,27,28). The van der Waals surface area contributed by atoms with Crippen molar-refractivity contribution in [2.45, 2.75) is 18.6 Å². The van der Waals surface area contributed by atoms with Crippen LogP contribution < -0.4 is 14.8 Å². The molecule has 1 fully saturated rings. The monoisotopic (exact) mass is 441 g/mol. The maximum Gasteiger partial charge on any atom is 0.335 e. The van der Waals surface area contributed by atoms with E-state index >= 15 is 0 Å². The highest BCUT2D eigenvalue weighted by atomic mass is 32.2. The number of aliphatic imine (C=N–C) groups is 1. The number of carbonyl (C=O) groups excluding carboxylic acids is 2. The van der Waals surface area contributed by atoms with Crippen molar-refractivity contribution in [3.8, 4) is 11.5 Å². The fraction of sp³-hybridized carbons (Fsp3) is 0.238. The van der Waals surface area contributed by atoms with Crippen LogP contribution in [0.5, 0.6) is 11.5 Å². The molecular formula is C21H19N3O6S. The molecule has 0 saturated carbocycles. The van der Waals surface area contributed by atoms with Gasteiger partial charge in [0.05, 0.1) is 11.3 Å². The summed E-state index contributed by atoms with van der Waals surface area (Å²) in [6, 6.07) is 11.2. The van der Waals surface area contributed by atoms with Gasteiger partial charge in [-0.15, -0.1) is 0 Å². The lowest BCUT2D eigenvalue weighted by molar-refractivity contribution is -0.129. The van der Waals surface area contributed by atoms with Crippen LogP contribution in [0, 0.1) is 0 Å². The predicted octanol–water partition coefficient (Wildman–Crippen LogP) is 3.09. The molecule has 2 aliphatic rings. The van der Waals surface area contributed by atoms with Crippen molar-refractivity contribution in [2.75, 3.05) is 18.7 Å². The molecule has 9 nitrogen and oxygen atoms in total. The Morgan fingerprint density at radius 2 is 2.03 bits per heavy atom. The Morgan fingerprint density at radius 1 is 1.23 bits per heavy atom. The number of rotatable bonds is 5. The first-order valence-corrected chi connectivity index (χ1v) is 10.4. The molecule has 2 aliphatic heterocycles. The molecule has 0 aliphatic carbocycles. The number of benzene rings is 2. The number of ether oxygens (including phenoxy) is 2. The Bertz CT molecular complexity index is 1090. The average molecular weight is 441 g/mol. The number of carboxylic acids is 1. The lowest BCUT2D eigenvalue weighted by Gasteiger charge is -2.30. The van der Waals surface area contributed by atoms with E-state index in [4.69, 9.17) is 14.6 Å².